The van der Waals surface area contributed by atoms with Crippen LogP contribution in [-0.2, 0) is 0 Å². The van der Waals surface area contributed by atoms with Crippen molar-refractivity contribution in [2.24, 2.45) is 5.92 Å². The fourth-order valence-electron chi connectivity index (χ4n) is 4.02. The van der Waals surface area contributed by atoms with Crippen molar-refractivity contribution in [3.63, 3.8) is 0 Å². The molecule has 1 heterocycles. The number of fused-ring (bicyclic) bond motifs is 2. The van der Waals surface area contributed by atoms with Crippen LogP contribution in [-0.4, -0.2) is 36.6 Å². The number of nitrogens with zero attached hydrogens (tertiary/aromatic N) is 1. The fourth-order valence-corrected chi connectivity index (χ4v) is 4.02. The summed E-state index contributed by atoms with van der Waals surface area (Å²) in [7, 11) is 0. The molecule has 1 N–H and O–H groups in total. The molecule has 0 radical (unpaired) electrons. The minimum atomic E-state index is 0.857. The average molecular weight is 222 g/mol. The number of piperidine rings is 1. The molecule has 0 amide bonds. The molecule has 2 atom stereocenters. The van der Waals surface area contributed by atoms with Crippen LogP contribution >= 0.6 is 0 Å². The fraction of sp³-hybridized carbons (Fsp3) is 1.00. The first-order valence-corrected chi connectivity index (χ1v) is 7.39. The molecule has 92 valence electrons. The van der Waals surface area contributed by atoms with Gasteiger partial charge >= 0.3 is 0 Å². The first-order chi connectivity index (χ1) is 7.92. The van der Waals surface area contributed by atoms with Gasteiger partial charge in [-0.1, -0.05) is 12.8 Å². The lowest BCUT2D eigenvalue weighted by Gasteiger charge is -2.26. The van der Waals surface area contributed by atoms with E-state index in [-0.39, 0.29) is 0 Å². The number of nitrogens with one attached hydrogen (secondary N) is 1. The first-order valence-electron chi connectivity index (χ1n) is 7.39. The van der Waals surface area contributed by atoms with Gasteiger partial charge in [0, 0.05) is 18.6 Å². The van der Waals surface area contributed by atoms with Crippen LogP contribution in [0.5, 0.6) is 0 Å². The first kappa shape index (κ1) is 11.0. The Morgan fingerprint density at radius 2 is 1.94 bits per heavy atom. The van der Waals surface area contributed by atoms with Crippen molar-refractivity contribution >= 4 is 0 Å². The molecule has 2 bridgehead atoms. The molecule has 3 fully saturated rings. The highest BCUT2D eigenvalue weighted by Crippen LogP contribution is 2.37. The van der Waals surface area contributed by atoms with Crippen molar-refractivity contribution in [3.05, 3.63) is 0 Å². The standard InChI is InChI=1S/C14H26N2/c1-2-5-13(4-1)15-8-3-9-16-11-12-6-7-14(16)10-12/h12-15H,1-11H2. The second kappa shape index (κ2) is 5.05. The molecule has 2 heteroatoms. The molecule has 3 rings (SSSR count). The molecule has 0 aromatic heterocycles. The minimum Gasteiger partial charge on any atom is -0.314 e. The van der Waals surface area contributed by atoms with Gasteiger partial charge in [0.1, 0.15) is 0 Å². The van der Waals surface area contributed by atoms with Crippen LogP contribution in [0.15, 0.2) is 0 Å². The quantitative estimate of drug-likeness (QED) is 0.719. The summed E-state index contributed by atoms with van der Waals surface area (Å²) in [6.45, 7) is 4.01. The number of hydrogen-bond acceptors (Lipinski definition) is 2. The minimum absolute atomic E-state index is 0.857. The van der Waals surface area contributed by atoms with Gasteiger partial charge in [-0.2, -0.15) is 0 Å². The van der Waals surface area contributed by atoms with Gasteiger partial charge in [0.2, 0.25) is 0 Å². The second-order valence-electron chi connectivity index (χ2n) is 6.12. The van der Waals surface area contributed by atoms with Gasteiger partial charge in [-0.05, 0) is 57.5 Å². The van der Waals surface area contributed by atoms with E-state index in [1.54, 1.807) is 0 Å². The molecular weight excluding hydrogens is 196 g/mol. The second-order valence-corrected chi connectivity index (χ2v) is 6.12. The normalized spacial score (nSPS) is 35.2. The van der Waals surface area contributed by atoms with Crippen molar-refractivity contribution in [2.45, 2.75) is 63.5 Å². The highest BCUT2D eigenvalue weighted by Gasteiger charge is 2.36. The molecule has 1 aliphatic heterocycles. The summed E-state index contributed by atoms with van der Waals surface area (Å²) in [4.78, 5) is 2.75. The van der Waals surface area contributed by atoms with Crippen molar-refractivity contribution < 1.29 is 0 Å². The topological polar surface area (TPSA) is 15.3 Å². The predicted octanol–water partition coefficient (Wildman–Crippen LogP) is 2.39. The van der Waals surface area contributed by atoms with Gasteiger partial charge in [0.25, 0.3) is 0 Å². The van der Waals surface area contributed by atoms with E-state index in [0.29, 0.717) is 0 Å². The summed E-state index contributed by atoms with van der Waals surface area (Å²) in [5, 5.41) is 3.72. The molecule has 16 heavy (non-hydrogen) atoms. The highest BCUT2D eigenvalue weighted by molar-refractivity contribution is 4.91. The van der Waals surface area contributed by atoms with Crippen LogP contribution in [0.3, 0.4) is 0 Å². The largest absolute Gasteiger partial charge is 0.314 e. The van der Waals surface area contributed by atoms with Crippen LogP contribution in [0.25, 0.3) is 0 Å². The number of rotatable bonds is 5. The Hall–Kier alpha value is -0.0800. The summed E-state index contributed by atoms with van der Waals surface area (Å²) >= 11 is 0. The summed E-state index contributed by atoms with van der Waals surface area (Å²) < 4.78 is 0. The third kappa shape index (κ3) is 2.43. The molecular formula is C14H26N2. The Kier molecular flexibility index (Phi) is 3.49. The Balaban J connectivity index is 1.29. The van der Waals surface area contributed by atoms with Crippen LogP contribution < -0.4 is 5.32 Å². The zero-order chi connectivity index (χ0) is 10.8. The molecule has 1 saturated heterocycles. The van der Waals surface area contributed by atoms with Crippen molar-refractivity contribution in [1.82, 2.24) is 10.2 Å². The van der Waals surface area contributed by atoms with Gasteiger partial charge < -0.3 is 10.2 Å². The van der Waals surface area contributed by atoms with Crippen molar-refractivity contribution in [1.29, 1.82) is 0 Å². The SMILES string of the molecule is C1CCC(NCCCN2CC3CCC2C3)C1. The molecule has 2 aliphatic carbocycles. The maximum atomic E-state index is 3.72. The van der Waals surface area contributed by atoms with Gasteiger partial charge in [0.05, 0.1) is 0 Å². The van der Waals surface area contributed by atoms with Gasteiger partial charge in [-0.25, -0.2) is 0 Å². The maximum Gasteiger partial charge on any atom is 0.00986 e. The molecule has 2 nitrogen and oxygen atoms in total. The average Bonchev–Trinajstić information content (AvgIpc) is 3.01. The van der Waals surface area contributed by atoms with E-state index < -0.39 is 0 Å². The Bertz CT molecular complexity index is 223. The van der Waals surface area contributed by atoms with E-state index in [1.165, 1.54) is 71.0 Å². The molecule has 0 aromatic carbocycles. The van der Waals surface area contributed by atoms with Gasteiger partial charge in [0.15, 0.2) is 0 Å². The summed E-state index contributed by atoms with van der Waals surface area (Å²) in [6.07, 6.45) is 11.6. The van der Waals surface area contributed by atoms with E-state index >= 15 is 0 Å². The van der Waals surface area contributed by atoms with Gasteiger partial charge in [-0.15, -0.1) is 0 Å². The monoisotopic (exact) mass is 222 g/mol. The lowest BCUT2D eigenvalue weighted by molar-refractivity contribution is 0.210. The van der Waals surface area contributed by atoms with Crippen LogP contribution in [0, 0.1) is 5.92 Å². The molecule has 0 spiro atoms. The van der Waals surface area contributed by atoms with Crippen LogP contribution in [0.1, 0.15) is 51.4 Å². The summed E-state index contributed by atoms with van der Waals surface area (Å²) in [5.74, 6) is 1.06. The lowest BCUT2D eigenvalue weighted by Crippen LogP contribution is -2.35. The zero-order valence-electron chi connectivity index (χ0n) is 10.5. The highest BCUT2D eigenvalue weighted by atomic mass is 15.2. The smallest absolute Gasteiger partial charge is 0.00986 e. The molecule has 2 saturated carbocycles. The van der Waals surface area contributed by atoms with Crippen LogP contribution in [0.4, 0.5) is 0 Å². The number of hydrogen-bond donors (Lipinski definition) is 1. The van der Waals surface area contributed by atoms with Crippen molar-refractivity contribution in [3.8, 4) is 0 Å². The van der Waals surface area contributed by atoms with E-state index in [4.69, 9.17) is 0 Å². The predicted molar refractivity (Wildman–Crippen MR) is 67.6 cm³/mol. The van der Waals surface area contributed by atoms with E-state index in [0.717, 1.165) is 18.0 Å². The van der Waals surface area contributed by atoms with Gasteiger partial charge in [-0.3, -0.25) is 0 Å². The van der Waals surface area contributed by atoms with E-state index in [2.05, 4.69) is 10.2 Å². The van der Waals surface area contributed by atoms with E-state index in [9.17, 15) is 0 Å². The third-order valence-electron chi connectivity index (χ3n) is 4.93. The third-order valence-corrected chi connectivity index (χ3v) is 4.93. The molecule has 0 aromatic rings. The van der Waals surface area contributed by atoms with Crippen LogP contribution in [0.2, 0.25) is 0 Å². The summed E-state index contributed by atoms with van der Waals surface area (Å²) in [6, 6.07) is 1.83. The summed E-state index contributed by atoms with van der Waals surface area (Å²) in [5.41, 5.74) is 0. The lowest BCUT2D eigenvalue weighted by atomic mass is 10.1. The Morgan fingerprint density at radius 3 is 2.62 bits per heavy atom. The van der Waals surface area contributed by atoms with Crippen molar-refractivity contribution in [2.75, 3.05) is 19.6 Å². The van der Waals surface area contributed by atoms with E-state index in [1.807, 2.05) is 0 Å². The molecule has 3 aliphatic rings. The maximum absolute atomic E-state index is 3.72. The Morgan fingerprint density at radius 1 is 1.06 bits per heavy atom. The molecule has 2 unspecified atom stereocenters. The Labute approximate surface area is 99.8 Å². The zero-order valence-corrected chi connectivity index (χ0v) is 10.5. The number of likely N-dealkylation sites (tertiary alicyclic amines) is 1.